The lowest BCUT2D eigenvalue weighted by molar-refractivity contribution is 0.112. The standard InChI is InChI=1S/C9H9BrO2/c1-6-7(5-11)3-4-8(10)9(6)12-2/h3-5H,1-2H3. The molecule has 0 unspecified atom stereocenters. The Morgan fingerprint density at radius 3 is 2.67 bits per heavy atom. The van der Waals surface area contributed by atoms with Crippen LogP contribution in [0.4, 0.5) is 0 Å². The normalized spacial score (nSPS) is 9.58. The summed E-state index contributed by atoms with van der Waals surface area (Å²) < 4.78 is 5.98. The third kappa shape index (κ3) is 1.50. The molecule has 3 heteroatoms. The topological polar surface area (TPSA) is 26.3 Å². The maximum atomic E-state index is 10.5. The predicted octanol–water partition coefficient (Wildman–Crippen LogP) is 2.58. The monoisotopic (exact) mass is 228 g/mol. The summed E-state index contributed by atoms with van der Waals surface area (Å²) in [5.41, 5.74) is 1.52. The highest BCUT2D eigenvalue weighted by Gasteiger charge is 2.07. The highest BCUT2D eigenvalue weighted by molar-refractivity contribution is 9.10. The first kappa shape index (κ1) is 9.26. The second-order valence-electron chi connectivity index (χ2n) is 2.41. The van der Waals surface area contributed by atoms with E-state index in [4.69, 9.17) is 4.74 Å². The van der Waals surface area contributed by atoms with Crippen LogP contribution in [0.1, 0.15) is 15.9 Å². The van der Waals surface area contributed by atoms with Crippen molar-refractivity contribution in [3.8, 4) is 5.75 Å². The van der Waals surface area contributed by atoms with E-state index in [0.29, 0.717) is 5.56 Å². The molecule has 64 valence electrons. The number of ether oxygens (including phenoxy) is 1. The van der Waals surface area contributed by atoms with Gasteiger partial charge in [-0.1, -0.05) is 6.07 Å². The average Bonchev–Trinajstić information content (AvgIpc) is 2.06. The fourth-order valence-electron chi connectivity index (χ4n) is 1.05. The van der Waals surface area contributed by atoms with Crippen LogP contribution in [0.5, 0.6) is 5.75 Å². The van der Waals surface area contributed by atoms with Crippen LogP contribution in [-0.4, -0.2) is 13.4 Å². The fraction of sp³-hybridized carbons (Fsp3) is 0.222. The maximum Gasteiger partial charge on any atom is 0.150 e. The molecule has 12 heavy (non-hydrogen) atoms. The number of halogens is 1. The van der Waals surface area contributed by atoms with Gasteiger partial charge in [0, 0.05) is 11.1 Å². The van der Waals surface area contributed by atoms with E-state index >= 15 is 0 Å². The largest absolute Gasteiger partial charge is 0.495 e. The Hall–Kier alpha value is -0.830. The van der Waals surface area contributed by atoms with Crippen LogP contribution in [0.2, 0.25) is 0 Å². The number of aldehydes is 1. The lowest BCUT2D eigenvalue weighted by Gasteiger charge is -2.07. The smallest absolute Gasteiger partial charge is 0.150 e. The highest BCUT2D eigenvalue weighted by Crippen LogP contribution is 2.29. The summed E-state index contributed by atoms with van der Waals surface area (Å²) in [6.07, 6.45) is 0.824. The molecule has 0 fully saturated rings. The average molecular weight is 229 g/mol. The summed E-state index contributed by atoms with van der Waals surface area (Å²) in [6, 6.07) is 3.56. The summed E-state index contributed by atoms with van der Waals surface area (Å²) in [6.45, 7) is 1.85. The van der Waals surface area contributed by atoms with Crippen LogP contribution in [-0.2, 0) is 0 Å². The van der Waals surface area contributed by atoms with Crippen molar-refractivity contribution in [1.29, 1.82) is 0 Å². The Kier molecular flexibility index (Phi) is 2.87. The molecule has 0 radical (unpaired) electrons. The molecule has 0 atom stereocenters. The molecule has 0 aromatic heterocycles. The van der Waals surface area contributed by atoms with Gasteiger partial charge in [-0.15, -0.1) is 0 Å². The Morgan fingerprint density at radius 2 is 2.17 bits per heavy atom. The van der Waals surface area contributed by atoms with Gasteiger partial charge in [0.25, 0.3) is 0 Å². The molecule has 0 aliphatic carbocycles. The van der Waals surface area contributed by atoms with Crippen molar-refractivity contribution in [3.63, 3.8) is 0 Å². The van der Waals surface area contributed by atoms with Crippen molar-refractivity contribution < 1.29 is 9.53 Å². The minimum Gasteiger partial charge on any atom is -0.495 e. The zero-order valence-corrected chi connectivity index (χ0v) is 8.51. The Morgan fingerprint density at radius 1 is 1.50 bits per heavy atom. The van der Waals surface area contributed by atoms with E-state index < -0.39 is 0 Å². The SMILES string of the molecule is COc1c(Br)ccc(C=O)c1C. The van der Waals surface area contributed by atoms with E-state index in [1.54, 1.807) is 19.2 Å². The first-order chi connectivity index (χ1) is 5.70. The quantitative estimate of drug-likeness (QED) is 0.728. The first-order valence-electron chi connectivity index (χ1n) is 3.49. The van der Waals surface area contributed by atoms with Gasteiger partial charge in [0.1, 0.15) is 12.0 Å². The minimum atomic E-state index is 0.662. The third-order valence-electron chi connectivity index (χ3n) is 1.73. The van der Waals surface area contributed by atoms with Crippen LogP contribution in [0, 0.1) is 6.92 Å². The zero-order chi connectivity index (χ0) is 9.14. The molecule has 0 bridgehead atoms. The molecule has 0 heterocycles. The number of hydrogen-bond donors (Lipinski definition) is 0. The second kappa shape index (κ2) is 3.72. The molecule has 0 saturated carbocycles. The molecular formula is C9H9BrO2. The van der Waals surface area contributed by atoms with Crippen LogP contribution >= 0.6 is 15.9 Å². The van der Waals surface area contributed by atoms with Gasteiger partial charge in [-0.3, -0.25) is 4.79 Å². The van der Waals surface area contributed by atoms with Gasteiger partial charge >= 0.3 is 0 Å². The van der Waals surface area contributed by atoms with Crippen LogP contribution in [0.15, 0.2) is 16.6 Å². The van der Waals surface area contributed by atoms with Crippen LogP contribution < -0.4 is 4.74 Å². The molecule has 0 N–H and O–H groups in total. The fourth-order valence-corrected chi connectivity index (χ4v) is 1.64. The Balaban J connectivity index is 3.33. The summed E-state index contributed by atoms with van der Waals surface area (Å²) in [5, 5.41) is 0. The van der Waals surface area contributed by atoms with Crippen molar-refractivity contribution in [2.75, 3.05) is 7.11 Å². The van der Waals surface area contributed by atoms with Gasteiger partial charge in [-0.25, -0.2) is 0 Å². The van der Waals surface area contributed by atoms with E-state index in [9.17, 15) is 4.79 Å². The Bertz CT molecular complexity index is 308. The number of methoxy groups -OCH3 is 1. The van der Waals surface area contributed by atoms with E-state index in [0.717, 1.165) is 22.1 Å². The number of carbonyl (C=O) groups is 1. The zero-order valence-electron chi connectivity index (χ0n) is 6.93. The van der Waals surface area contributed by atoms with Crippen LogP contribution in [0.3, 0.4) is 0 Å². The molecule has 0 spiro atoms. The van der Waals surface area contributed by atoms with Crippen molar-refractivity contribution in [2.24, 2.45) is 0 Å². The summed E-state index contributed by atoms with van der Waals surface area (Å²) >= 11 is 3.33. The molecule has 0 saturated heterocycles. The van der Waals surface area contributed by atoms with E-state index in [1.165, 1.54) is 0 Å². The molecular weight excluding hydrogens is 220 g/mol. The third-order valence-corrected chi connectivity index (χ3v) is 2.36. The molecule has 2 nitrogen and oxygen atoms in total. The van der Waals surface area contributed by atoms with Gasteiger partial charge in [-0.2, -0.15) is 0 Å². The van der Waals surface area contributed by atoms with Crippen molar-refractivity contribution in [1.82, 2.24) is 0 Å². The van der Waals surface area contributed by atoms with Gasteiger partial charge < -0.3 is 4.74 Å². The van der Waals surface area contributed by atoms with Gasteiger partial charge in [-0.05, 0) is 28.9 Å². The Labute approximate surface area is 79.7 Å². The lowest BCUT2D eigenvalue weighted by atomic mass is 10.1. The maximum absolute atomic E-state index is 10.5. The molecule has 1 aromatic rings. The number of carbonyl (C=O) groups excluding carboxylic acids is 1. The molecule has 0 aliphatic rings. The molecule has 0 amide bonds. The number of benzene rings is 1. The minimum absolute atomic E-state index is 0.662. The van der Waals surface area contributed by atoms with E-state index in [1.807, 2.05) is 6.92 Å². The summed E-state index contributed by atoms with van der Waals surface area (Å²) in [4.78, 5) is 10.5. The first-order valence-corrected chi connectivity index (χ1v) is 4.28. The summed E-state index contributed by atoms with van der Waals surface area (Å²) in [7, 11) is 1.58. The van der Waals surface area contributed by atoms with E-state index in [-0.39, 0.29) is 0 Å². The number of hydrogen-bond acceptors (Lipinski definition) is 2. The van der Waals surface area contributed by atoms with Gasteiger partial charge in [0.05, 0.1) is 11.6 Å². The van der Waals surface area contributed by atoms with Crippen molar-refractivity contribution >= 4 is 22.2 Å². The summed E-state index contributed by atoms with van der Waals surface area (Å²) in [5.74, 6) is 0.722. The predicted molar refractivity (Wildman–Crippen MR) is 50.8 cm³/mol. The lowest BCUT2D eigenvalue weighted by Crippen LogP contribution is -1.93. The van der Waals surface area contributed by atoms with Gasteiger partial charge in [0.15, 0.2) is 0 Å². The second-order valence-corrected chi connectivity index (χ2v) is 3.27. The van der Waals surface area contributed by atoms with Gasteiger partial charge in [0.2, 0.25) is 0 Å². The van der Waals surface area contributed by atoms with E-state index in [2.05, 4.69) is 15.9 Å². The van der Waals surface area contributed by atoms with Crippen LogP contribution in [0.25, 0.3) is 0 Å². The molecule has 0 aliphatic heterocycles. The van der Waals surface area contributed by atoms with Crippen molar-refractivity contribution in [3.05, 3.63) is 27.7 Å². The van der Waals surface area contributed by atoms with Crippen molar-refractivity contribution in [2.45, 2.75) is 6.92 Å². The number of rotatable bonds is 2. The molecule has 1 aromatic carbocycles. The molecule has 1 rings (SSSR count). The highest BCUT2D eigenvalue weighted by atomic mass is 79.9.